The molecule has 6 heteroatoms. The topological polar surface area (TPSA) is 102 Å². The fourth-order valence-corrected chi connectivity index (χ4v) is 1.24. The van der Waals surface area contributed by atoms with Gasteiger partial charge in [0.05, 0.1) is 25.1 Å². The lowest BCUT2D eigenvalue weighted by atomic mass is 10.2. The molecule has 1 fully saturated rings. The van der Waals surface area contributed by atoms with Gasteiger partial charge in [-0.2, -0.15) is 0 Å². The monoisotopic (exact) mass is 202 g/mol. The van der Waals surface area contributed by atoms with Crippen LogP contribution in [0.15, 0.2) is 0 Å². The van der Waals surface area contributed by atoms with E-state index >= 15 is 0 Å². The number of nitrogens with one attached hydrogen (secondary N) is 1. The Morgan fingerprint density at radius 3 is 2.86 bits per heavy atom. The van der Waals surface area contributed by atoms with Crippen molar-refractivity contribution < 1.29 is 19.4 Å². The number of nitrogens with two attached hydrogens (primary N) is 1. The molecule has 1 saturated heterocycles. The summed E-state index contributed by atoms with van der Waals surface area (Å²) in [6.07, 6.45) is 0.408. The molecule has 0 aromatic heterocycles. The van der Waals surface area contributed by atoms with Gasteiger partial charge in [0.1, 0.15) is 0 Å². The van der Waals surface area contributed by atoms with Crippen molar-refractivity contribution in [2.75, 3.05) is 13.2 Å². The van der Waals surface area contributed by atoms with Gasteiger partial charge in [0, 0.05) is 6.61 Å². The maximum absolute atomic E-state index is 11.3. The van der Waals surface area contributed by atoms with Crippen molar-refractivity contribution in [3.8, 4) is 0 Å². The molecule has 1 heterocycles. The van der Waals surface area contributed by atoms with Gasteiger partial charge in [0.25, 0.3) is 0 Å². The number of amides is 1. The van der Waals surface area contributed by atoms with E-state index in [4.69, 9.17) is 15.6 Å². The van der Waals surface area contributed by atoms with Gasteiger partial charge in [-0.3, -0.25) is 9.59 Å². The third-order valence-corrected chi connectivity index (χ3v) is 2.01. The van der Waals surface area contributed by atoms with Gasteiger partial charge in [-0.15, -0.1) is 0 Å². The molecule has 1 rings (SSSR count). The van der Waals surface area contributed by atoms with Crippen molar-refractivity contribution in [3.05, 3.63) is 0 Å². The van der Waals surface area contributed by atoms with E-state index in [0.717, 1.165) is 6.42 Å². The fourth-order valence-electron chi connectivity index (χ4n) is 1.24. The predicted octanol–water partition coefficient (Wildman–Crippen LogP) is -1.31. The van der Waals surface area contributed by atoms with Gasteiger partial charge < -0.3 is 20.9 Å². The molecule has 1 aliphatic heterocycles. The first-order valence-corrected chi connectivity index (χ1v) is 4.45. The molecule has 1 amide bonds. The third kappa shape index (κ3) is 3.31. The lowest BCUT2D eigenvalue weighted by Gasteiger charge is -2.14. The molecule has 80 valence electrons. The summed E-state index contributed by atoms with van der Waals surface area (Å²) in [5.74, 6) is -1.50. The van der Waals surface area contributed by atoms with Crippen molar-refractivity contribution >= 4 is 11.9 Å². The first-order valence-electron chi connectivity index (χ1n) is 4.45. The zero-order valence-electron chi connectivity index (χ0n) is 7.73. The van der Waals surface area contributed by atoms with E-state index in [1.807, 2.05) is 0 Å². The Hall–Kier alpha value is -1.14. The van der Waals surface area contributed by atoms with Crippen LogP contribution >= 0.6 is 0 Å². The number of rotatable bonds is 4. The van der Waals surface area contributed by atoms with E-state index in [1.54, 1.807) is 0 Å². The zero-order valence-corrected chi connectivity index (χ0v) is 7.73. The van der Waals surface area contributed by atoms with Crippen LogP contribution in [0.25, 0.3) is 0 Å². The van der Waals surface area contributed by atoms with Crippen molar-refractivity contribution in [2.24, 2.45) is 5.73 Å². The Kier molecular flexibility index (Phi) is 3.84. The smallest absolute Gasteiger partial charge is 0.305 e. The lowest BCUT2D eigenvalue weighted by molar-refractivity contribution is -0.139. The summed E-state index contributed by atoms with van der Waals surface area (Å²) in [5.41, 5.74) is 5.36. The van der Waals surface area contributed by atoms with E-state index in [-0.39, 0.29) is 12.5 Å². The average Bonchev–Trinajstić information content (AvgIpc) is 2.55. The predicted molar refractivity (Wildman–Crippen MR) is 47.6 cm³/mol. The van der Waals surface area contributed by atoms with E-state index in [9.17, 15) is 9.59 Å². The molecule has 1 aliphatic rings. The highest BCUT2D eigenvalue weighted by atomic mass is 16.5. The highest BCUT2D eigenvalue weighted by Gasteiger charge is 2.22. The van der Waals surface area contributed by atoms with Crippen LogP contribution in [0.1, 0.15) is 12.8 Å². The SMILES string of the molecule is NC(CC(=O)O)C(=O)NC1CCOC1. The number of hydrogen-bond acceptors (Lipinski definition) is 4. The molecule has 0 saturated carbocycles. The molecule has 6 nitrogen and oxygen atoms in total. The number of hydrogen-bond donors (Lipinski definition) is 3. The van der Waals surface area contributed by atoms with Crippen LogP contribution < -0.4 is 11.1 Å². The standard InChI is InChI=1S/C8H14N2O4/c9-6(3-7(11)12)8(13)10-5-1-2-14-4-5/h5-6H,1-4,9H2,(H,10,13)(H,11,12). The van der Waals surface area contributed by atoms with Gasteiger partial charge in [0.2, 0.25) is 5.91 Å². The molecule has 14 heavy (non-hydrogen) atoms. The molecule has 0 aliphatic carbocycles. The summed E-state index contributed by atoms with van der Waals surface area (Å²) in [4.78, 5) is 21.5. The van der Waals surface area contributed by atoms with Crippen LogP contribution in [0, 0.1) is 0 Å². The van der Waals surface area contributed by atoms with Crippen LogP contribution in [0.2, 0.25) is 0 Å². The molecule has 0 radical (unpaired) electrons. The van der Waals surface area contributed by atoms with Gasteiger partial charge >= 0.3 is 5.97 Å². The minimum absolute atomic E-state index is 0.0256. The molecule has 0 aromatic carbocycles. The van der Waals surface area contributed by atoms with E-state index in [0.29, 0.717) is 13.2 Å². The summed E-state index contributed by atoms with van der Waals surface area (Å²) in [6, 6.07) is -1.00. The first kappa shape index (κ1) is 10.9. The maximum Gasteiger partial charge on any atom is 0.305 e. The molecule has 2 atom stereocenters. The molecule has 0 aromatic rings. The summed E-state index contributed by atoms with van der Waals surface area (Å²) < 4.78 is 5.05. The number of carboxylic acids is 1. The number of aliphatic carboxylic acids is 1. The highest BCUT2D eigenvalue weighted by Crippen LogP contribution is 2.03. The maximum atomic E-state index is 11.3. The summed E-state index contributed by atoms with van der Waals surface area (Å²) >= 11 is 0. The van der Waals surface area contributed by atoms with Gasteiger partial charge in [-0.05, 0) is 6.42 Å². The highest BCUT2D eigenvalue weighted by molar-refractivity contribution is 5.86. The second-order valence-corrected chi connectivity index (χ2v) is 3.27. The molecular weight excluding hydrogens is 188 g/mol. The molecule has 2 unspecified atom stereocenters. The zero-order chi connectivity index (χ0) is 10.6. The minimum atomic E-state index is -1.07. The van der Waals surface area contributed by atoms with Gasteiger partial charge in [-0.1, -0.05) is 0 Å². The second-order valence-electron chi connectivity index (χ2n) is 3.27. The van der Waals surface area contributed by atoms with Gasteiger partial charge in [-0.25, -0.2) is 0 Å². The molecule has 0 spiro atoms. The quantitative estimate of drug-likeness (QED) is 0.525. The van der Waals surface area contributed by atoms with Crippen LogP contribution in [0.4, 0.5) is 0 Å². The Labute approximate surface area is 81.4 Å². The van der Waals surface area contributed by atoms with Crippen LogP contribution in [-0.4, -0.2) is 42.3 Å². The normalized spacial score (nSPS) is 23.1. The molecule has 4 N–H and O–H groups in total. The Bertz CT molecular complexity index is 225. The lowest BCUT2D eigenvalue weighted by Crippen LogP contribution is -2.46. The van der Waals surface area contributed by atoms with E-state index in [2.05, 4.69) is 5.32 Å². The summed E-state index contributed by atoms with van der Waals surface area (Å²) in [5, 5.41) is 11.0. The average molecular weight is 202 g/mol. The van der Waals surface area contributed by atoms with Crippen LogP contribution in [0.3, 0.4) is 0 Å². The van der Waals surface area contributed by atoms with E-state index in [1.165, 1.54) is 0 Å². The first-order chi connectivity index (χ1) is 6.59. The van der Waals surface area contributed by atoms with Crippen molar-refractivity contribution in [2.45, 2.75) is 24.9 Å². The minimum Gasteiger partial charge on any atom is -0.481 e. The van der Waals surface area contributed by atoms with Crippen LogP contribution in [0.5, 0.6) is 0 Å². The largest absolute Gasteiger partial charge is 0.481 e. The summed E-state index contributed by atoms with van der Waals surface area (Å²) in [6.45, 7) is 1.10. The van der Waals surface area contributed by atoms with Crippen molar-refractivity contribution in [3.63, 3.8) is 0 Å². The Balaban J connectivity index is 2.29. The number of carbonyl (C=O) groups excluding carboxylic acids is 1. The van der Waals surface area contributed by atoms with Gasteiger partial charge in [0.15, 0.2) is 0 Å². The Morgan fingerprint density at radius 1 is 1.64 bits per heavy atom. The summed E-state index contributed by atoms with van der Waals surface area (Å²) in [7, 11) is 0. The van der Waals surface area contributed by atoms with E-state index < -0.39 is 17.9 Å². The third-order valence-electron chi connectivity index (χ3n) is 2.01. The number of ether oxygens (including phenoxy) is 1. The number of carbonyl (C=O) groups is 2. The van der Waals surface area contributed by atoms with Crippen molar-refractivity contribution in [1.29, 1.82) is 0 Å². The molecule has 0 bridgehead atoms. The van der Waals surface area contributed by atoms with Crippen LogP contribution in [-0.2, 0) is 14.3 Å². The second kappa shape index (κ2) is 4.92. The number of carboxylic acid groups (broad SMARTS) is 1. The molecular formula is C8H14N2O4. The van der Waals surface area contributed by atoms with Crippen molar-refractivity contribution in [1.82, 2.24) is 5.32 Å². The fraction of sp³-hybridized carbons (Fsp3) is 0.750. The Morgan fingerprint density at radius 2 is 2.36 bits per heavy atom.